The van der Waals surface area contributed by atoms with Crippen LogP contribution in [0.1, 0.15) is 49.1 Å². The molecule has 0 unspecified atom stereocenters. The average Bonchev–Trinajstić information content (AvgIpc) is 3.02. The number of aryl methyl sites for hydroxylation is 1. The molecule has 2 aromatic carbocycles. The van der Waals surface area contributed by atoms with Crippen LogP contribution in [-0.2, 0) is 30.3 Å². The number of carbonyl (C=O) groups is 1. The van der Waals surface area contributed by atoms with E-state index in [0.717, 1.165) is 17.5 Å². The Morgan fingerprint density at radius 3 is 2.53 bits per heavy atom. The highest BCUT2D eigenvalue weighted by molar-refractivity contribution is 6.37. The van der Waals surface area contributed by atoms with Crippen LogP contribution in [0.3, 0.4) is 0 Å². The number of aliphatic hydroxyl groups excluding tert-OH is 1. The first kappa shape index (κ1) is 28.4. The van der Waals surface area contributed by atoms with Crippen molar-refractivity contribution in [3.8, 4) is 0 Å². The van der Waals surface area contributed by atoms with Crippen molar-refractivity contribution in [1.82, 2.24) is 15.1 Å². The zero-order valence-electron chi connectivity index (χ0n) is 19.5. The number of aliphatic hydroxyl groups is 2. The number of fused-ring (bicyclic) bond motifs is 2. The summed E-state index contributed by atoms with van der Waals surface area (Å²) >= 11 is 11.9. The number of carboxylic acids is 1. The number of nitrogens with one attached hydrogen (secondary N) is 1. The lowest BCUT2D eigenvalue weighted by Crippen LogP contribution is -2.41. The Morgan fingerprint density at radius 1 is 1.26 bits per heavy atom. The highest BCUT2D eigenvalue weighted by Gasteiger charge is 2.29. The lowest BCUT2D eigenvalue weighted by atomic mass is 9.82. The van der Waals surface area contributed by atoms with Gasteiger partial charge in [-0.2, -0.15) is 5.10 Å². The molecule has 0 spiro atoms. The second-order valence-electron chi connectivity index (χ2n) is 8.81. The van der Waals surface area contributed by atoms with E-state index >= 15 is 0 Å². The van der Waals surface area contributed by atoms with Crippen LogP contribution >= 0.6 is 35.6 Å². The third-order valence-corrected chi connectivity index (χ3v) is 6.47. The van der Waals surface area contributed by atoms with Gasteiger partial charge in [-0.3, -0.25) is 9.48 Å². The van der Waals surface area contributed by atoms with Gasteiger partial charge in [0.25, 0.3) is 0 Å². The monoisotopic (exact) mass is 529 g/mol. The normalized spacial score (nSPS) is 17.4. The fraction of sp³-hybridized carbons (Fsp3) is 0.417. The molecule has 1 aromatic heterocycles. The molecule has 0 fully saturated rings. The van der Waals surface area contributed by atoms with E-state index < -0.39 is 11.6 Å². The molecule has 1 aliphatic heterocycles. The number of halogens is 3. The van der Waals surface area contributed by atoms with Crippen molar-refractivity contribution >= 4 is 52.5 Å². The number of hydrogen-bond acceptors (Lipinski definition) is 5. The van der Waals surface area contributed by atoms with Crippen LogP contribution in [0, 0.1) is 0 Å². The van der Waals surface area contributed by atoms with E-state index in [-0.39, 0.29) is 42.7 Å². The minimum absolute atomic E-state index is 0. The van der Waals surface area contributed by atoms with E-state index in [1.54, 1.807) is 23.9 Å². The summed E-state index contributed by atoms with van der Waals surface area (Å²) in [5, 5.41) is 37.0. The Balaban J connectivity index is 0.000000234. The molecule has 3 aromatic rings. The van der Waals surface area contributed by atoms with Crippen LogP contribution in [0.15, 0.2) is 30.3 Å². The predicted octanol–water partition coefficient (Wildman–Crippen LogP) is 4.41. The highest BCUT2D eigenvalue weighted by atomic mass is 35.5. The third kappa shape index (κ3) is 6.03. The second-order valence-corrected chi connectivity index (χ2v) is 9.57. The van der Waals surface area contributed by atoms with Crippen LogP contribution in [0.4, 0.5) is 0 Å². The van der Waals surface area contributed by atoms with Gasteiger partial charge in [0.2, 0.25) is 0 Å². The van der Waals surface area contributed by atoms with Crippen LogP contribution in [0.25, 0.3) is 10.9 Å². The molecule has 1 aliphatic rings. The van der Waals surface area contributed by atoms with Crippen molar-refractivity contribution in [1.29, 1.82) is 0 Å². The van der Waals surface area contributed by atoms with Gasteiger partial charge in [-0.25, -0.2) is 0 Å². The minimum Gasteiger partial charge on any atom is -0.481 e. The molecular weight excluding hydrogens is 501 g/mol. The first-order chi connectivity index (χ1) is 15.4. The molecule has 10 heteroatoms. The maximum absolute atomic E-state index is 10.8. The van der Waals surface area contributed by atoms with Gasteiger partial charge in [0.05, 0.1) is 24.1 Å². The molecule has 0 radical (unpaired) electrons. The summed E-state index contributed by atoms with van der Waals surface area (Å²) in [6.45, 7) is 5.84. The summed E-state index contributed by atoms with van der Waals surface area (Å²) in [6, 6.07) is 9.78. The number of rotatable bonds is 4. The van der Waals surface area contributed by atoms with E-state index in [9.17, 15) is 15.0 Å². The minimum atomic E-state index is -0.950. The molecule has 2 heterocycles. The zero-order chi connectivity index (χ0) is 24.5. The first-order valence-corrected chi connectivity index (χ1v) is 11.4. The molecule has 0 bridgehead atoms. The molecule has 0 saturated carbocycles. The lowest BCUT2D eigenvalue weighted by molar-refractivity contribution is -0.136. The van der Waals surface area contributed by atoms with Crippen molar-refractivity contribution in [3.63, 3.8) is 0 Å². The molecular formula is C24H30Cl3N3O4. The molecule has 2 atom stereocenters. The molecule has 0 saturated heterocycles. The summed E-state index contributed by atoms with van der Waals surface area (Å²) in [6.07, 6.45) is 0.609. The van der Waals surface area contributed by atoms with E-state index in [0.29, 0.717) is 16.0 Å². The number of carboxylic acid groups (broad SMARTS) is 1. The fourth-order valence-electron chi connectivity index (χ4n) is 4.35. The molecule has 7 nitrogen and oxygen atoms in total. The Hall–Kier alpha value is -1.87. The first-order valence-electron chi connectivity index (χ1n) is 10.7. The molecule has 4 rings (SSSR count). The van der Waals surface area contributed by atoms with Gasteiger partial charge < -0.3 is 20.6 Å². The van der Waals surface area contributed by atoms with Crippen molar-refractivity contribution in [2.24, 2.45) is 7.05 Å². The lowest BCUT2D eigenvalue weighted by Gasteiger charge is -2.34. The van der Waals surface area contributed by atoms with Gasteiger partial charge in [0, 0.05) is 29.5 Å². The third-order valence-electron chi connectivity index (χ3n) is 5.85. The summed E-state index contributed by atoms with van der Waals surface area (Å²) in [4.78, 5) is 10.8. The summed E-state index contributed by atoms with van der Waals surface area (Å²) in [7, 11) is 1.74. The Bertz CT molecular complexity index is 1170. The van der Waals surface area contributed by atoms with E-state index in [1.165, 1.54) is 11.1 Å². The number of aromatic nitrogens is 2. The quantitative estimate of drug-likeness (QED) is 0.398. The second kappa shape index (κ2) is 11.2. The molecule has 4 N–H and O–H groups in total. The average molecular weight is 531 g/mol. The van der Waals surface area contributed by atoms with Gasteiger partial charge >= 0.3 is 5.97 Å². The molecule has 0 amide bonds. The Labute approximate surface area is 215 Å². The number of nitrogens with zero attached hydrogens (tertiary/aromatic N) is 2. The SMILES string of the molecule is C[C@@H]1N[C@@H](CO)Cc2c1cccc2C(C)(C)O.Cl.Cn1nc(Cl)c2c(CC(=O)O)c(Cl)ccc21. The Morgan fingerprint density at radius 2 is 1.94 bits per heavy atom. The van der Waals surface area contributed by atoms with Crippen LogP contribution in [0.2, 0.25) is 10.2 Å². The summed E-state index contributed by atoms with van der Waals surface area (Å²) in [5.41, 5.74) is 3.83. The van der Waals surface area contributed by atoms with E-state index in [4.69, 9.17) is 28.3 Å². The maximum Gasteiger partial charge on any atom is 0.307 e. The highest BCUT2D eigenvalue weighted by Crippen LogP contribution is 2.33. The van der Waals surface area contributed by atoms with Gasteiger partial charge in [0.15, 0.2) is 5.15 Å². The van der Waals surface area contributed by atoms with Crippen LogP contribution < -0.4 is 5.32 Å². The standard InChI is InChI=1S/C14H21NO2.C10H8Cl2N2O2.ClH/c1-9-11-5-4-6-13(14(2,3)17)12(11)7-10(8-16)15-9;1-14-7-3-2-6(11)5(4-8(15)16)9(7)10(12)13-14;/h4-6,9-10,15-17H,7-8H2,1-3H3;2-3H,4H2,1H3,(H,15,16);1H/t9-,10+;;/m0../s1. The maximum atomic E-state index is 10.8. The van der Waals surface area contributed by atoms with Crippen molar-refractivity contribution in [2.45, 2.75) is 51.3 Å². The Kier molecular flexibility index (Phi) is 9.38. The largest absolute Gasteiger partial charge is 0.481 e. The number of benzene rings is 2. The van der Waals surface area contributed by atoms with E-state index in [1.807, 2.05) is 26.0 Å². The topological polar surface area (TPSA) is 108 Å². The number of hydrogen-bond donors (Lipinski definition) is 4. The predicted molar refractivity (Wildman–Crippen MR) is 137 cm³/mol. The van der Waals surface area contributed by atoms with Crippen molar-refractivity contribution < 1.29 is 20.1 Å². The zero-order valence-corrected chi connectivity index (χ0v) is 21.8. The van der Waals surface area contributed by atoms with E-state index in [2.05, 4.69) is 23.4 Å². The summed E-state index contributed by atoms with van der Waals surface area (Å²) in [5.74, 6) is -0.950. The van der Waals surface area contributed by atoms with Gasteiger partial charge in [-0.1, -0.05) is 41.4 Å². The van der Waals surface area contributed by atoms with Crippen molar-refractivity contribution in [3.05, 3.63) is 62.8 Å². The molecule has 0 aliphatic carbocycles. The summed E-state index contributed by atoms with van der Waals surface area (Å²) < 4.78 is 1.60. The van der Waals surface area contributed by atoms with Crippen LogP contribution in [0.5, 0.6) is 0 Å². The number of aliphatic carboxylic acids is 1. The van der Waals surface area contributed by atoms with Gasteiger partial charge in [-0.15, -0.1) is 12.4 Å². The van der Waals surface area contributed by atoms with Gasteiger partial charge in [0.1, 0.15) is 0 Å². The smallest absolute Gasteiger partial charge is 0.307 e. The fourth-order valence-corrected chi connectivity index (χ4v) is 4.90. The molecule has 186 valence electrons. The van der Waals surface area contributed by atoms with Crippen molar-refractivity contribution in [2.75, 3.05) is 6.61 Å². The molecule has 34 heavy (non-hydrogen) atoms. The van der Waals surface area contributed by atoms with Crippen LogP contribution in [-0.4, -0.2) is 43.7 Å². The van der Waals surface area contributed by atoms with Gasteiger partial charge in [-0.05, 0) is 61.6 Å².